The number of rotatable bonds is 6. The number of nitrogens with zero attached hydrogens (tertiary/aromatic N) is 2. The molecule has 1 fully saturated rings. The first-order valence-corrected chi connectivity index (χ1v) is 9.54. The summed E-state index contributed by atoms with van der Waals surface area (Å²) in [5, 5.41) is 2.09. The monoisotopic (exact) mass is 429 g/mol. The van der Waals surface area contributed by atoms with Gasteiger partial charge in [-0.15, -0.1) is 11.8 Å². The van der Waals surface area contributed by atoms with Gasteiger partial charge in [0.1, 0.15) is 5.82 Å². The zero-order valence-corrected chi connectivity index (χ0v) is 15.9. The van der Waals surface area contributed by atoms with Crippen LogP contribution in [-0.4, -0.2) is 40.0 Å². The number of halogens is 4. The molecular weight excluding hydrogens is 415 g/mol. The van der Waals surface area contributed by atoms with Gasteiger partial charge in [0.25, 0.3) is 0 Å². The van der Waals surface area contributed by atoms with Crippen molar-refractivity contribution < 1.29 is 22.8 Å². The summed E-state index contributed by atoms with van der Waals surface area (Å²) < 4.78 is 37.9. The number of imide groups is 1. The maximum atomic E-state index is 12.6. The van der Waals surface area contributed by atoms with Gasteiger partial charge in [0, 0.05) is 30.6 Å². The second kappa shape index (κ2) is 8.40. The molecule has 0 aliphatic carbocycles. The normalized spacial score (nSPS) is 17.3. The number of carbonyl (C=O) groups excluding carboxylic acids is 2. The Morgan fingerprint density at radius 2 is 1.96 bits per heavy atom. The maximum Gasteiger partial charge on any atom is 0.417 e. The third kappa shape index (κ3) is 4.77. The summed E-state index contributed by atoms with van der Waals surface area (Å²) >= 11 is 7.16. The van der Waals surface area contributed by atoms with Gasteiger partial charge in [-0.25, -0.2) is 4.98 Å². The highest BCUT2D eigenvalue weighted by atomic mass is 35.5. The molecule has 0 bridgehead atoms. The Morgan fingerprint density at radius 1 is 1.25 bits per heavy atom. The fraction of sp³-hybridized carbons (Fsp3) is 0.278. The predicted octanol–water partition coefficient (Wildman–Crippen LogP) is 4.09. The third-order valence-corrected chi connectivity index (χ3v) is 5.51. The number of likely N-dealkylation sites (tertiary alicyclic amines) is 1. The number of thioether (sulfide) groups is 1. The number of anilines is 1. The quantitative estimate of drug-likeness (QED) is 0.701. The maximum absolute atomic E-state index is 12.6. The zero-order chi connectivity index (χ0) is 20.3. The molecule has 5 nitrogen and oxygen atoms in total. The molecule has 2 heterocycles. The number of carbonyl (C=O) groups is 2. The average molecular weight is 430 g/mol. The zero-order valence-electron chi connectivity index (χ0n) is 14.4. The third-order valence-electron chi connectivity index (χ3n) is 4.02. The van der Waals surface area contributed by atoms with Crippen LogP contribution in [0.5, 0.6) is 0 Å². The van der Waals surface area contributed by atoms with Crippen molar-refractivity contribution in [3.63, 3.8) is 0 Å². The van der Waals surface area contributed by atoms with Crippen LogP contribution in [-0.2, 0) is 15.8 Å². The molecule has 1 atom stereocenters. The van der Waals surface area contributed by atoms with Gasteiger partial charge >= 0.3 is 6.18 Å². The number of amides is 2. The molecule has 10 heteroatoms. The Kier molecular flexibility index (Phi) is 6.14. The highest BCUT2D eigenvalue weighted by Crippen LogP contribution is 2.33. The fourth-order valence-electron chi connectivity index (χ4n) is 2.65. The van der Waals surface area contributed by atoms with Crippen molar-refractivity contribution in [2.45, 2.75) is 22.7 Å². The van der Waals surface area contributed by atoms with E-state index in [0.29, 0.717) is 6.20 Å². The van der Waals surface area contributed by atoms with Crippen molar-refractivity contribution >= 4 is 41.0 Å². The second-order valence-electron chi connectivity index (χ2n) is 5.99. The lowest BCUT2D eigenvalue weighted by atomic mass is 10.3. The van der Waals surface area contributed by atoms with E-state index in [0.717, 1.165) is 15.9 Å². The summed E-state index contributed by atoms with van der Waals surface area (Å²) in [6, 6.07) is 10.1. The van der Waals surface area contributed by atoms with Gasteiger partial charge < -0.3 is 5.32 Å². The lowest BCUT2D eigenvalue weighted by Crippen LogP contribution is -2.35. The first-order valence-electron chi connectivity index (χ1n) is 8.28. The molecule has 1 N–H and O–H groups in total. The molecule has 3 rings (SSSR count). The van der Waals surface area contributed by atoms with Crippen LogP contribution in [0.1, 0.15) is 12.0 Å². The number of aromatic nitrogens is 1. The summed E-state index contributed by atoms with van der Waals surface area (Å²) in [5.74, 6) is -0.511. The van der Waals surface area contributed by atoms with Crippen LogP contribution in [0, 0.1) is 0 Å². The minimum Gasteiger partial charge on any atom is -0.367 e. The highest BCUT2D eigenvalue weighted by molar-refractivity contribution is 8.00. The Morgan fingerprint density at radius 3 is 2.61 bits per heavy atom. The number of benzene rings is 1. The Hall–Kier alpha value is -2.26. The van der Waals surface area contributed by atoms with Crippen LogP contribution in [0.2, 0.25) is 5.02 Å². The molecule has 148 valence electrons. The Labute approximate surface area is 168 Å². The van der Waals surface area contributed by atoms with Crippen molar-refractivity contribution in [1.82, 2.24) is 9.88 Å². The van der Waals surface area contributed by atoms with Gasteiger partial charge in [-0.2, -0.15) is 13.2 Å². The van der Waals surface area contributed by atoms with Gasteiger partial charge in [-0.05, 0) is 18.2 Å². The number of hydrogen-bond donors (Lipinski definition) is 1. The molecule has 1 saturated heterocycles. The molecule has 0 unspecified atom stereocenters. The number of alkyl halides is 3. The predicted molar refractivity (Wildman–Crippen MR) is 100 cm³/mol. The van der Waals surface area contributed by atoms with Crippen molar-refractivity contribution in [2.75, 3.05) is 18.4 Å². The molecule has 0 radical (unpaired) electrons. The minimum atomic E-state index is -4.53. The number of hydrogen-bond acceptors (Lipinski definition) is 5. The highest BCUT2D eigenvalue weighted by Gasteiger charge is 2.38. The topological polar surface area (TPSA) is 62.3 Å². The molecule has 1 aromatic heterocycles. The largest absolute Gasteiger partial charge is 0.417 e. The van der Waals surface area contributed by atoms with Crippen LogP contribution < -0.4 is 5.32 Å². The van der Waals surface area contributed by atoms with E-state index in [-0.39, 0.29) is 42.2 Å². The van der Waals surface area contributed by atoms with Crippen LogP contribution in [0.3, 0.4) is 0 Å². The molecule has 28 heavy (non-hydrogen) atoms. The van der Waals surface area contributed by atoms with Crippen LogP contribution >= 0.6 is 23.4 Å². The van der Waals surface area contributed by atoms with Crippen LogP contribution in [0.25, 0.3) is 0 Å². The van der Waals surface area contributed by atoms with E-state index < -0.39 is 17.0 Å². The molecule has 1 aliphatic heterocycles. The molecular formula is C18H15ClF3N3O2S. The summed E-state index contributed by atoms with van der Waals surface area (Å²) in [6.07, 6.45) is -3.75. The summed E-state index contributed by atoms with van der Waals surface area (Å²) in [7, 11) is 0. The van der Waals surface area contributed by atoms with Gasteiger partial charge in [0.2, 0.25) is 11.8 Å². The van der Waals surface area contributed by atoms with Crippen molar-refractivity contribution in [3.05, 3.63) is 53.2 Å². The van der Waals surface area contributed by atoms with Crippen molar-refractivity contribution in [1.29, 1.82) is 0 Å². The first-order chi connectivity index (χ1) is 13.3. The van der Waals surface area contributed by atoms with Gasteiger partial charge in [-0.1, -0.05) is 29.8 Å². The number of nitrogens with one attached hydrogen (secondary N) is 1. The lowest BCUT2D eigenvalue weighted by molar-refractivity contribution is -0.139. The van der Waals surface area contributed by atoms with E-state index in [1.54, 1.807) is 0 Å². The van der Waals surface area contributed by atoms with Gasteiger partial charge in [-0.3, -0.25) is 14.5 Å². The smallest absolute Gasteiger partial charge is 0.367 e. The fourth-order valence-corrected chi connectivity index (χ4v) is 3.98. The second-order valence-corrected chi connectivity index (χ2v) is 7.67. The Bertz CT molecular complexity index is 880. The molecule has 1 aliphatic rings. The SMILES string of the molecule is O=C1C[C@@H](Sc2ccccc2)C(=O)N1CCNc1ncc(C(F)(F)F)cc1Cl. The van der Waals surface area contributed by atoms with Crippen molar-refractivity contribution in [3.8, 4) is 0 Å². The van der Waals surface area contributed by atoms with E-state index in [2.05, 4.69) is 10.3 Å². The molecule has 2 amide bonds. The van der Waals surface area contributed by atoms with Gasteiger partial charge in [0.15, 0.2) is 0 Å². The molecule has 0 saturated carbocycles. The van der Waals surface area contributed by atoms with Crippen LogP contribution in [0.15, 0.2) is 47.5 Å². The average Bonchev–Trinajstić information content (AvgIpc) is 2.90. The Balaban J connectivity index is 1.56. The van der Waals surface area contributed by atoms with Crippen molar-refractivity contribution in [2.24, 2.45) is 0 Å². The van der Waals surface area contributed by atoms with E-state index in [4.69, 9.17) is 11.6 Å². The summed E-state index contributed by atoms with van der Waals surface area (Å²) in [6.45, 7) is 0.195. The summed E-state index contributed by atoms with van der Waals surface area (Å²) in [4.78, 5) is 30.3. The van der Waals surface area contributed by atoms with E-state index >= 15 is 0 Å². The minimum absolute atomic E-state index is 0.0592. The van der Waals surface area contributed by atoms with E-state index in [1.165, 1.54) is 11.8 Å². The van der Waals surface area contributed by atoms with Crippen LogP contribution in [0.4, 0.5) is 19.0 Å². The van der Waals surface area contributed by atoms with E-state index in [1.807, 2.05) is 30.3 Å². The van der Waals surface area contributed by atoms with Gasteiger partial charge in [0.05, 0.1) is 15.8 Å². The lowest BCUT2D eigenvalue weighted by Gasteiger charge is -2.16. The molecule has 2 aromatic rings. The summed E-state index contributed by atoms with van der Waals surface area (Å²) in [5.41, 5.74) is -0.950. The number of pyridine rings is 1. The molecule has 1 aromatic carbocycles. The molecule has 0 spiro atoms. The first kappa shape index (κ1) is 20.5. The standard InChI is InChI=1S/C18H15ClF3N3O2S/c19-13-8-11(18(20,21)22)10-24-16(13)23-6-7-25-15(26)9-14(17(25)27)28-12-4-2-1-3-5-12/h1-5,8,10,14H,6-7,9H2,(H,23,24)/t14-/m1/s1. The van der Waals surface area contributed by atoms with E-state index in [9.17, 15) is 22.8 Å².